The fourth-order valence-electron chi connectivity index (χ4n) is 2.13. The van der Waals surface area contributed by atoms with Crippen LogP contribution in [-0.2, 0) is 6.54 Å². The van der Waals surface area contributed by atoms with Gasteiger partial charge in [-0.05, 0) is 42.0 Å². The van der Waals surface area contributed by atoms with Gasteiger partial charge in [0.1, 0.15) is 0 Å². The van der Waals surface area contributed by atoms with Crippen molar-refractivity contribution in [1.29, 1.82) is 0 Å². The number of fused-ring (bicyclic) bond motifs is 1. The summed E-state index contributed by atoms with van der Waals surface area (Å²) < 4.78 is 0. The van der Waals surface area contributed by atoms with Crippen molar-refractivity contribution in [3.63, 3.8) is 0 Å². The van der Waals surface area contributed by atoms with E-state index in [0.29, 0.717) is 6.54 Å². The molecule has 0 bridgehead atoms. The van der Waals surface area contributed by atoms with Gasteiger partial charge in [0, 0.05) is 23.8 Å². The zero-order valence-electron chi connectivity index (χ0n) is 10.7. The molecule has 2 aromatic carbocycles. The van der Waals surface area contributed by atoms with Crippen LogP contribution in [0.5, 0.6) is 11.5 Å². The molecule has 0 atom stereocenters. The minimum Gasteiger partial charge on any atom is -0.504 e. The van der Waals surface area contributed by atoms with Crippen molar-refractivity contribution in [2.75, 3.05) is 5.32 Å². The van der Waals surface area contributed by atoms with E-state index in [-0.39, 0.29) is 11.5 Å². The molecule has 0 spiro atoms. The summed E-state index contributed by atoms with van der Waals surface area (Å²) in [6, 6.07) is 14.6. The van der Waals surface area contributed by atoms with Crippen LogP contribution in [0.3, 0.4) is 0 Å². The van der Waals surface area contributed by atoms with Crippen LogP contribution in [0.15, 0.2) is 54.7 Å². The molecule has 100 valence electrons. The molecule has 0 saturated heterocycles. The molecular formula is C16H14N2O2. The minimum absolute atomic E-state index is 0.108. The number of nitrogens with zero attached hydrogens (tertiary/aromatic N) is 1. The zero-order chi connectivity index (χ0) is 13.9. The van der Waals surface area contributed by atoms with Gasteiger partial charge in [0.2, 0.25) is 0 Å². The molecule has 0 amide bonds. The maximum Gasteiger partial charge on any atom is 0.157 e. The maximum atomic E-state index is 9.48. The van der Waals surface area contributed by atoms with Gasteiger partial charge in [0.15, 0.2) is 11.5 Å². The van der Waals surface area contributed by atoms with E-state index in [9.17, 15) is 10.2 Å². The summed E-state index contributed by atoms with van der Waals surface area (Å²) in [6.45, 7) is 0.557. The van der Waals surface area contributed by atoms with Crippen molar-refractivity contribution in [2.24, 2.45) is 0 Å². The molecule has 4 heteroatoms. The molecule has 0 aliphatic rings. The fraction of sp³-hybridized carbons (Fsp3) is 0.0625. The molecule has 0 saturated carbocycles. The number of anilines is 1. The smallest absolute Gasteiger partial charge is 0.157 e. The van der Waals surface area contributed by atoms with Crippen LogP contribution in [0.1, 0.15) is 5.56 Å². The summed E-state index contributed by atoms with van der Waals surface area (Å²) in [5.41, 5.74) is 2.82. The van der Waals surface area contributed by atoms with Gasteiger partial charge in [-0.25, -0.2) is 0 Å². The van der Waals surface area contributed by atoms with E-state index in [1.165, 1.54) is 6.07 Å². The van der Waals surface area contributed by atoms with Crippen LogP contribution in [-0.4, -0.2) is 15.2 Å². The van der Waals surface area contributed by atoms with Crippen LogP contribution in [0.2, 0.25) is 0 Å². The number of aromatic hydroxyl groups is 2. The highest BCUT2D eigenvalue weighted by Crippen LogP contribution is 2.26. The molecule has 4 nitrogen and oxygen atoms in total. The van der Waals surface area contributed by atoms with Gasteiger partial charge in [-0.1, -0.05) is 12.1 Å². The molecule has 1 heterocycles. The third-order valence-electron chi connectivity index (χ3n) is 3.17. The lowest BCUT2D eigenvalue weighted by molar-refractivity contribution is 0.403. The first-order valence-corrected chi connectivity index (χ1v) is 6.32. The largest absolute Gasteiger partial charge is 0.504 e. The maximum absolute atomic E-state index is 9.48. The van der Waals surface area contributed by atoms with Gasteiger partial charge >= 0.3 is 0 Å². The summed E-state index contributed by atoms with van der Waals surface area (Å²) in [5.74, 6) is -0.216. The molecule has 3 N–H and O–H groups in total. The third kappa shape index (κ3) is 2.36. The Bertz CT molecular complexity index is 751. The van der Waals surface area contributed by atoms with Crippen molar-refractivity contribution in [3.8, 4) is 11.5 Å². The van der Waals surface area contributed by atoms with Gasteiger partial charge < -0.3 is 15.5 Å². The summed E-state index contributed by atoms with van der Waals surface area (Å²) in [7, 11) is 0. The van der Waals surface area contributed by atoms with Crippen molar-refractivity contribution < 1.29 is 10.2 Å². The van der Waals surface area contributed by atoms with Crippen LogP contribution in [0, 0.1) is 0 Å². The number of pyridine rings is 1. The lowest BCUT2D eigenvalue weighted by Gasteiger charge is -2.10. The second-order valence-electron chi connectivity index (χ2n) is 4.55. The first-order valence-electron chi connectivity index (χ1n) is 6.32. The van der Waals surface area contributed by atoms with E-state index < -0.39 is 0 Å². The molecular weight excluding hydrogens is 252 g/mol. The predicted molar refractivity (Wildman–Crippen MR) is 78.8 cm³/mol. The van der Waals surface area contributed by atoms with Gasteiger partial charge in [-0.2, -0.15) is 0 Å². The first-order chi connectivity index (χ1) is 9.74. The normalized spacial score (nSPS) is 10.6. The predicted octanol–water partition coefficient (Wildman–Crippen LogP) is 3.26. The van der Waals surface area contributed by atoms with Crippen LogP contribution in [0.25, 0.3) is 10.9 Å². The standard InChI is InChI=1S/C16H14N2O2/c19-15-7-6-11(9-16(15)20)10-18-14-5-1-4-13-12(14)3-2-8-17-13/h1-9,18-20H,10H2. The Hall–Kier alpha value is -2.75. The Kier molecular flexibility index (Phi) is 3.13. The third-order valence-corrected chi connectivity index (χ3v) is 3.17. The molecule has 1 aromatic heterocycles. The molecule has 20 heavy (non-hydrogen) atoms. The van der Waals surface area contributed by atoms with Gasteiger partial charge in [0.05, 0.1) is 5.52 Å². The Morgan fingerprint density at radius 2 is 1.85 bits per heavy atom. The van der Waals surface area contributed by atoms with E-state index >= 15 is 0 Å². The number of aromatic nitrogens is 1. The zero-order valence-corrected chi connectivity index (χ0v) is 10.7. The Balaban J connectivity index is 1.85. The van der Waals surface area contributed by atoms with E-state index in [4.69, 9.17) is 0 Å². The number of phenols is 2. The summed E-state index contributed by atoms with van der Waals surface area (Å²) in [6.07, 6.45) is 1.77. The Morgan fingerprint density at radius 1 is 0.950 bits per heavy atom. The number of rotatable bonds is 3. The quantitative estimate of drug-likeness (QED) is 0.637. The lowest BCUT2D eigenvalue weighted by Crippen LogP contribution is -2.00. The summed E-state index contributed by atoms with van der Waals surface area (Å²) in [5, 5.41) is 23.1. The van der Waals surface area contributed by atoms with E-state index in [2.05, 4.69) is 10.3 Å². The number of hydrogen-bond acceptors (Lipinski definition) is 4. The summed E-state index contributed by atoms with van der Waals surface area (Å²) in [4.78, 5) is 4.31. The number of benzene rings is 2. The second kappa shape index (κ2) is 5.09. The van der Waals surface area contributed by atoms with E-state index in [1.807, 2.05) is 30.3 Å². The second-order valence-corrected chi connectivity index (χ2v) is 4.55. The first kappa shape index (κ1) is 12.3. The fourth-order valence-corrected chi connectivity index (χ4v) is 2.13. The molecule has 0 unspecified atom stereocenters. The van der Waals surface area contributed by atoms with Crippen molar-refractivity contribution in [2.45, 2.75) is 6.54 Å². The molecule has 0 aliphatic heterocycles. The van der Waals surface area contributed by atoms with Gasteiger partial charge in [-0.15, -0.1) is 0 Å². The highest BCUT2D eigenvalue weighted by molar-refractivity contribution is 5.91. The molecule has 0 fully saturated rings. The van der Waals surface area contributed by atoms with Crippen LogP contribution < -0.4 is 5.32 Å². The highest BCUT2D eigenvalue weighted by atomic mass is 16.3. The average Bonchev–Trinajstić information content (AvgIpc) is 2.48. The summed E-state index contributed by atoms with van der Waals surface area (Å²) >= 11 is 0. The Labute approximate surface area is 116 Å². The SMILES string of the molecule is Oc1ccc(CNc2cccc3ncccc23)cc1O. The minimum atomic E-state index is -0.108. The van der Waals surface area contributed by atoms with Crippen molar-refractivity contribution in [1.82, 2.24) is 4.98 Å². The monoisotopic (exact) mass is 266 g/mol. The van der Waals surface area contributed by atoms with E-state index in [1.54, 1.807) is 18.3 Å². The lowest BCUT2D eigenvalue weighted by atomic mass is 10.1. The number of phenolic OH excluding ortho intramolecular Hbond substituents is 2. The van der Waals surface area contributed by atoms with Crippen molar-refractivity contribution >= 4 is 16.6 Å². The van der Waals surface area contributed by atoms with Crippen LogP contribution in [0.4, 0.5) is 5.69 Å². The molecule has 3 aromatic rings. The average molecular weight is 266 g/mol. The number of nitrogens with one attached hydrogen (secondary N) is 1. The van der Waals surface area contributed by atoms with Crippen molar-refractivity contribution in [3.05, 3.63) is 60.3 Å². The van der Waals surface area contributed by atoms with Gasteiger partial charge in [-0.3, -0.25) is 4.98 Å². The van der Waals surface area contributed by atoms with E-state index in [0.717, 1.165) is 22.2 Å². The molecule has 0 aliphatic carbocycles. The number of hydrogen-bond donors (Lipinski definition) is 3. The molecule has 3 rings (SSSR count). The van der Waals surface area contributed by atoms with Crippen LogP contribution >= 0.6 is 0 Å². The topological polar surface area (TPSA) is 65.4 Å². The van der Waals surface area contributed by atoms with Gasteiger partial charge in [0.25, 0.3) is 0 Å². The molecule has 0 radical (unpaired) electrons. The highest BCUT2D eigenvalue weighted by Gasteiger charge is 2.03. The Morgan fingerprint density at radius 3 is 2.70 bits per heavy atom.